The highest BCUT2D eigenvalue weighted by atomic mass is 15.3. The monoisotopic (exact) mass is 211 g/mol. The molecule has 1 rings (SSSR count). The van der Waals surface area contributed by atoms with Crippen molar-refractivity contribution in [3.05, 3.63) is 12.7 Å². The van der Waals surface area contributed by atoms with E-state index < -0.39 is 0 Å². The Balaban J connectivity index is 2.66. The second kappa shape index (κ2) is 5.10. The van der Waals surface area contributed by atoms with E-state index in [1.807, 2.05) is 13.1 Å². The van der Waals surface area contributed by atoms with Gasteiger partial charge in [-0.15, -0.1) is 6.58 Å². The van der Waals surface area contributed by atoms with Crippen LogP contribution in [0, 0.1) is 0 Å². The lowest BCUT2D eigenvalue weighted by atomic mass is 9.96. The molecule has 0 amide bonds. The van der Waals surface area contributed by atoms with Gasteiger partial charge in [0.05, 0.1) is 0 Å². The molecule has 0 aromatic carbocycles. The summed E-state index contributed by atoms with van der Waals surface area (Å²) in [7, 11) is 4.24. The molecular formula is C12H25N3. The van der Waals surface area contributed by atoms with Crippen LogP contribution in [0.25, 0.3) is 0 Å². The van der Waals surface area contributed by atoms with Crippen LogP contribution in [0.15, 0.2) is 12.7 Å². The van der Waals surface area contributed by atoms with Gasteiger partial charge in [-0.25, -0.2) is 0 Å². The zero-order valence-electron chi connectivity index (χ0n) is 10.6. The smallest absolute Gasteiger partial charge is 0.0345 e. The Bertz CT molecular complexity index is 213. The summed E-state index contributed by atoms with van der Waals surface area (Å²) in [6, 6.07) is 0.614. The Labute approximate surface area is 94.1 Å². The topological polar surface area (TPSA) is 18.5 Å². The molecule has 0 radical (unpaired) electrons. The van der Waals surface area contributed by atoms with Gasteiger partial charge in [0.2, 0.25) is 0 Å². The highest BCUT2D eigenvalue weighted by Gasteiger charge is 2.36. The van der Waals surface area contributed by atoms with E-state index in [1.54, 1.807) is 0 Å². The van der Waals surface area contributed by atoms with Gasteiger partial charge in [-0.3, -0.25) is 9.80 Å². The Kier molecular flexibility index (Phi) is 4.32. The van der Waals surface area contributed by atoms with Gasteiger partial charge in [0.25, 0.3) is 0 Å². The minimum Gasteiger partial charge on any atom is -0.318 e. The molecule has 1 heterocycles. The van der Waals surface area contributed by atoms with Crippen molar-refractivity contribution in [3.8, 4) is 0 Å². The summed E-state index contributed by atoms with van der Waals surface area (Å²) in [5.74, 6) is 0. The van der Waals surface area contributed by atoms with Gasteiger partial charge in [-0.2, -0.15) is 0 Å². The molecule has 1 atom stereocenters. The SMILES string of the molecule is C=CCN1CC(CNC)N(C)CC1(C)C. The molecule has 1 saturated heterocycles. The van der Waals surface area contributed by atoms with Gasteiger partial charge < -0.3 is 5.32 Å². The average molecular weight is 211 g/mol. The molecule has 0 aromatic heterocycles. The molecule has 0 saturated carbocycles. The van der Waals surface area contributed by atoms with Crippen LogP contribution >= 0.6 is 0 Å². The van der Waals surface area contributed by atoms with Crippen LogP contribution in [-0.4, -0.2) is 61.7 Å². The van der Waals surface area contributed by atoms with Crippen molar-refractivity contribution in [1.29, 1.82) is 0 Å². The Morgan fingerprint density at radius 3 is 2.73 bits per heavy atom. The van der Waals surface area contributed by atoms with Crippen molar-refractivity contribution < 1.29 is 0 Å². The Morgan fingerprint density at radius 2 is 2.20 bits per heavy atom. The zero-order chi connectivity index (χ0) is 11.5. The molecule has 0 aliphatic carbocycles. The van der Waals surface area contributed by atoms with E-state index in [-0.39, 0.29) is 5.54 Å². The molecule has 1 aliphatic rings. The molecule has 1 aliphatic heterocycles. The highest BCUT2D eigenvalue weighted by molar-refractivity contribution is 4.96. The first-order chi connectivity index (χ1) is 7.01. The van der Waals surface area contributed by atoms with Gasteiger partial charge in [0, 0.05) is 37.8 Å². The second-order valence-electron chi connectivity index (χ2n) is 5.13. The van der Waals surface area contributed by atoms with Gasteiger partial charge in [-0.05, 0) is 27.9 Å². The fourth-order valence-corrected chi connectivity index (χ4v) is 2.41. The Hall–Kier alpha value is -0.380. The molecule has 15 heavy (non-hydrogen) atoms. The number of rotatable bonds is 4. The lowest BCUT2D eigenvalue weighted by Crippen LogP contribution is -2.63. The van der Waals surface area contributed by atoms with Crippen molar-refractivity contribution in [1.82, 2.24) is 15.1 Å². The van der Waals surface area contributed by atoms with E-state index in [2.05, 4.69) is 42.6 Å². The molecule has 88 valence electrons. The summed E-state index contributed by atoms with van der Waals surface area (Å²) in [4.78, 5) is 4.97. The van der Waals surface area contributed by atoms with Crippen LogP contribution in [0.2, 0.25) is 0 Å². The summed E-state index contributed by atoms with van der Waals surface area (Å²) in [5, 5.41) is 3.26. The molecule has 0 aromatic rings. The third-order valence-electron chi connectivity index (χ3n) is 3.34. The zero-order valence-corrected chi connectivity index (χ0v) is 10.6. The first kappa shape index (κ1) is 12.7. The van der Waals surface area contributed by atoms with Gasteiger partial charge in [0.1, 0.15) is 0 Å². The number of nitrogens with zero attached hydrogens (tertiary/aromatic N) is 2. The van der Waals surface area contributed by atoms with Crippen molar-refractivity contribution in [3.63, 3.8) is 0 Å². The summed E-state index contributed by atoms with van der Waals surface area (Å²) in [5.41, 5.74) is 0.257. The summed E-state index contributed by atoms with van der Waals surface area (Å²) in [6.45, 7) is 12.7. The van der Waals surface area contributed by atoms with Gasteiger partial charge in [-0.1, -0.05) is 6.08 Å². The number of nitrogens with one attached hydrogen (secondary N) is 1. The summed E-state index contributed by atoms with van der Waals surface area (Å²) >= 11 is 0. The fourth-order valence-electron chi connectivity index (χ4n) is 2.41. The van der Waals surface area contributed by atoms with E-state index >= 15 is 0 Å². The van der Waals surface area contributed by atoms with E-state index in [0.29, 0.717) is 6.04 Å². The third-order valence-corrected chi connectivity index (χ3v) is 3.34. The van der Waals surface area contributed by atoms with Crippen LogP contribution in [0.5, 0.6) is 0 Å². The molecule has 1 unspecified atom stereocenters. The second-order valence-corrected chi connectivity index (χ2v) is 5.13. The molecular weight excluding hydrogens is 186 g/mol. The average Bonchev–Trinajstić information content (AvgIpc) is 2.13. The predicted molar refractivity (Wildman–Crippen MR) is 66.2 cm³/mol. The van der Waals surface area contributed by atoms with E-state index in [0.717, 1.165) is 26.2 Å². The minimum absolute atomic E-state index is 0.257. The van der Waals surface area contributed by atoms with Crippen LogP contribution in [0.1, 0.15) is 13.8 Å². The van der Waals surface area contributed by atoms with Crippen LogP contribution in [-0.2, 0) is 0 Å². The maximum absolute atomic E-state index is 3.84. The molecule has 0 bridgehead atoms. The maximum Gasteiger partial charge on any atom is 0.0345 e. The van der Waals surface area contributed by atoms with Crippen molar-refractivity contribution >= 4 is 0 Å². The quantitative estimate of drug-likeness (QED) is 0.694. The molecule has 1 fully saturated rings. The third kappa shape index (κ3) is 3.03. The lowest BCUT2D eigenvalue weighted by Gasteiger charge is -2.49. The van der Waals surface area contributed by atoms with Gasteiger partial charge in [0.15, 0.2) is 0 Å². The van der Waals surface area contributed by atoms with Crippen molar-refractivity contribution in [2.24, 2.45) is 0 Å². The number of likely N-dealkylation sites (N-methyl/N-ethyl adjacent to an activating group) is 2. The minimum atomic E-state index is 0.257. The number of piperazine rings is 1. The summed E-state index contributed by atoms with van der Waals surface area (Å²) in [6.07, 6.45) is 2.00. The lowest BCUT2D eigenvalue weighted by molar-refractivity contribution is 0.00410. The maximum atomic E-state index is 3.84. The molecule has 0 spiro atoms. The van der Waals surface area contributed by atoms with Crippen molar-refractivity contribution in [2.75, 3.05) is 40.3 Å². The molecule has 3 nitrogen and oxygen atoms in total. The molecule has 1 N–H and O–H groups in total. The van der Waals surface area contributed by atoms with Crippen LogP contribution in [0.4, 0.5) is 0 Å². The van der Waals surface area contributed by atoms with Gasteiger partial charge >= 0.3 is 0 Å². The standard InChI is InChI=1S/C12H25N3/c1-6-7-15-9-11(8-13-4)14(5)10-12(15,2)3/h6,11,13H,1,7-10H2,2-5H3. The van der Waals surface area contributed by atoms with Crippen LogP contribution < -0.4 is 5.32 Å². The number of hydrogen-bond acceptors (Lipinski definition) is 3. The summed E-state index contributed by atoms with van der Waals surface area (Å²) < 4.78 is 0. The van der Waals surface area contributed by atoms with E-state index in [4.69, 9.17) is 0 Å². The van der Waals surface area contributed by atoms with Crippen LogP contribution in [0.3, 0.4) is 0 Å². The Morgan fingerprint density at radius 1 is 1.53 bits per heavy atom. The van der Waals surface area contributed by atoms with E-state index in [9.17, 15) is 0 Å². The first-order valence-electron chi connectivity index (χ1n) is 5.72. The number of hydrogen-bond donors (Lipinski definition) is 1. The molecule has 3 heteroatoms. The fraction of sp³-hybridized carbons (Fsp3) is 0.833. The normalized spacial score (nSPS) is 27.9. The van der Waals surface area contributed by atoms with E-state index in [1.165, 1.54) is 0 Å². The largest absolute Gasteiger partial charge is 0.318 e. The first-order valence-corrected chi connectivity index (χ1v) is 5.72. The predicted octanol–water partition coefficient (Wildman–Crippen LogP) is 0.786. The highest BCUT2D eigenvalue weighted by Crippen LogP contribution is 2.22. The van der Waals surface area contributed by atoms with Crippen molar-refractivity contribution in [2.45, 2.75) is 25.4 Å².